The van der Waals surface area contributed by atoms with Gasteiger partial charge in [0.2, 0.25) is 5.88 Å². The van der Waals surface area contributed by atoms with Crippen LogP contribution in [0.1, 0.15) is 41.3 Å². The second-order valence-corrected chi connectivity index (χ2v) is 7.69. The fraction of sp³-hybridized carbons (Fsp3) is 0.556. The summed E-state index contributed by atoms with van der Waals surface area (Å²) in [5.74, 6) is -0.755. The van der Waals surface area contributed by atoms with E-state index in [0.29, 0.717) is 38.8 Å². The SMILES string of the molecule is COCc1nc(OC)c2c(C)c(C(=O)NCC(CC(C)C)C(=O)O)sc2n1. The molecule has 2 rings (SSSR count). The van der Waals surface area contributed by atoms with Gasteiger partial charge in [-0.05, 0) is 24.8 Å². The van der Waals surface area contributed by atoms with Gasteiger partial charge >= 0.3 is 5.97 Å². The fourth-order valence-corrected chi connectivity index (χ4v) is 3.95. The number of aliphatic carboxylic acids is 1. The molecule has 0 bridgehead atoms. The van der Waals surface area contributed by atoms with Crippen LogP contribution in [0.4, 0.5) is 0 Å². The van der Waals surface area contributed by atoms with Gasteiger partial charge in [-0.3, -0.25) is 9.59 Å². The normalized spacial score (nSPS) is 12.4. The van der Waals surface area contributed by atoms with Crippen LogP contribution in [0.5, 0.6) is 5.88 Å². The van der Waals surface area contributed by atoms with Gasteiger partial charge in [-0.25, -0.2) is 4.98 Å². The Morgan fingerprint density at radius 1 is 1.26 bits per heavy atom. The number of nitrogens with zero attached hydrogens (tertiary/aromatic N) is 2. The van der Waals surface area contributed by atoms with Gasteiger partial charge in [0.15, 0.2) is 5.82 Å². The summed E-state index contributed by atoms with van der Waals surface area (Å²) in [5.41, 5.74) is 0.712. The Bertz CT molecular complexity index is 834. The third kappa shape index (κ3) is 4.92. The lowest BCUT2D eigenvalue weighted by molar-refractivity contribution is -0.142. The first-order valence-electron chi connectivity index (χ1n) is 8.62. The van der Waals surface area contributed by atoms with Crippen molar-refractivity contribution in [2.24, 2.45) is 11.8 Å². The zero-order valence-electron chi connectivity index (χ0n) is 16.2. The van der Waals surface area contributed by atoms with Gasteiger partial charge in [0, 0.05) is 13.7 Å². The van der Waals surface area contributed by atoms with Crippen LogP contribution < -0.4 is 10.1 Å². The number of hydrogen-bond donors (Lipinski definition) is 2. The Balaban J connectivity index is 2.28. The summed E-state index contributed by atoms with van der Waals surface area (Å²) < 4.78 is 10.4. The molecule has 0 spiro atoms. The molecule has 0 saturated carbocycles. The average Bonchev–Trinajstić information content (AvgIpc) is 2.94. The van der Waals surface area contributed by atoms with Crippen LogP contribution in [0.3, 0.4) is 0 Å². The first kappa shape index (κ1) is 21.0. The van der Waals surface area contributed by atoms with E-state index in [1.165, 1.54) is 18.4 Å². The van der Waals surface area contributed by atoms with E-state index in [2.05, 4.69) is 15.3 Å². The summed E-state index contributed by atoms with van der Waals surface area (Å²) in [6.07, 6.45) is 0.501. The number of carboxylic acids is 1. The number of nitrogens with one attached hydrogen (secondary N) is 1. The minimum absolute atomic E-state index is 0.0811. The van der Waals surface area contributed by atoms with Gasteiger partial charge in [0.1, 0.15) is 11.4 Å². The van der Waals surface area contributed by atoms with E-state index in [4.69, 9.17) is 9.47 Å². The molecular weight excluding hydrogens is 370 g/mol. The maximum Gasteiger partial charge on any atom is 0.308 e. The van der Waals surface area contributed by atoms with Crippen molar-refractivity contribution in [1.29, 1.82) is 0 Å². The predicted molar refractivity (Wildman–Crippen MR) is 102 cm³/mol. The number of rotatable bonds is 9. The highest BCUT2D eigenvalue weighted by molar-refractivity contribution is 7.20. The molecule has 27 heavy (non-hydrogen) atoms. The Hall–Kier alpha value is -2.26. The van der Waals surface area contributed by atoms with Crippen LogP contribution in [0.2, 0.25) is 0 Å². The summed E-state index contributed by atoms with van der Waals surface area (Å²) in [5, 5.41) is 12.8. The Kier molecular flexibility index (Phi) is 7.09. The van der Waals surface area contributed by atoms with Crippen molar-refractivity contribution < 1.29 is 24.2 Å². The molecule has 2 heterocycles. The summed E-state index contributed by atoms with van der Waals surface area (Å²) >= 11 is 1.23. The summed E-state index contributed by atoms with van der Waals surface area (Å²) in [7, 11) is 3.06. The molecule has 0 radical (unpaired) electrons. The highest BCUT2D eigenvalue weighted by atomic mass is 32.1. The van der Waals surface area contributed by atoms with Crippen LogP contribution in [-0.2, 0) is 16.1 Å². The Labute approximate surface area is 161 Å². The van der Waals surface area contributed by atoms with Crippen molar-refractivity contribution in [3.05, 3.63) is 16.3 Å². The lowest BCUT2D eigenvalue weighted by Crippen LogP contribution is -2.33. The van der Waals surface area contributed by atoms with E-state index < -0.39 is 11.9 Å². The van der Waals surface area contributed by atoms with Crippen molar-refractivity contribution in [2.75, 3.05) is 20.8 Å². The molecule has 1 unspecified atom stereocenters. The van der Waals surface area contributed by atoms with E-state index >= 15 is 0 Å². The minimum atomic E-state index is -0.909. The molecular formula is C18H25N3O5S. The second kappa shape index (κ2) is 9.09. The number of fused-ring (bicyclic) bond motifs is 1. The van der Waals surface area contributed by atoms with Gasteiger partial charge in [-0.2, -0.15) is 4.98 Å². The highest BCUT2D eigenvalue weighted by Crippen LogP contribution is 2.35. The van der Waals surface area contributed by atoms with E-state index in [9.17, 15) is 14.7 Å². The van der Waals surface area contributed by atoms with E-state index in [1.807, 2.05) is 13.8 Å². The minimum Gasteiger partial charge on any atom is -0.481 e. The van der Waals surface area contributed by atoms with E-state index in [-0.39, 0.29) is 25.0 Å². The molecule has 0 aromatic carbocycles. The lowest BCUT2D eigenvalue weighted by atomic mass is 9.97. The fourth-order valence-electron chi connectivity index (χ4n) is 2.84. The zero-order chi connectivity index (χ0) is 20.1. The molecule has 0 aliphatic heterocycles. The van der Waals surface area contributed by atoms with Crippen molar-refractivity contribution in [3.8, 4) is 5.88 Å². The largest absolute Gasteiger partial charge is 0.481 e. The number of carbonyl (C=O) groups is 2. The van der Waals surface area contributed by atoms with Crippen molar-refractivity contribution >= 4 is 33.4 Å². The predicted octanol–water partition coefficient (Wildman–Crippen LogP) is 2.63. The third-order valence-electron chi connectivity index (χ3n) is 4.09. The molecule has 9 heteroatoms. The summed E-state index contributed by atoms with van der Waals surface area (Å²) in [6, 6.07) is 0. The van der Waals surface area contributed by atoms with Gasteiger partial charge in [0.05, 0.1) is 23.3 Å². The molecule has 0 saturated heterocycles. The molecule has 1 atom stereocenters. The second-order valence-electron chi connectivity index (χ2n) is 6.69. The van der Waals surface area contributed by atoms with Gasteiger partial charge in [0.25, 0.3) is 5.91 Å². The van der Waals surface area contributed by atoms with Crippen molar-refractivity contribution in [1.82, 2.24) is 15.3 Å². The maximum atomic E-state index is 12.7. The third-order valence-corrected chi connectivity index (χ3v) is 5.27. The van der Waals surface area contributed by atoms with Crippen LogP contribution >= 0.6 is 11.3 Å². The van der Waals surface area contributed by atoms with Crippen molar-refractivity contribution in [2.45, 2.75) is 33.8 Å². The summed E-state index contributed by atoms with van der Waals surface area (Å²) in [6.45, 7) is 6.03. The number of ether oxygens (including phenoxy) is 2. The Morgan fingerprint density at radius 2 is 1.96 bits per heavy atom. The number of carboxylic acid groups (broad SMARTS) is 1. The molecule has 1 amide bonds. The van der Waals surface area contributed by atoms with Gasteiger partial charge < -0.3 is 19.9 Å². The first-order valence-corrected chi connectivity index (χ1v) is 9.44. The topological polar surface area (TPSA) is 111 Å². The van der Waals surface area contributed by atoms with Gasteiger partial charge in [-0.1, -0.05) is 13.8 Å². The lowest BCUT2D eigenvalue weighted by Gasteiger charge is -2.15. The van der Waals surface area contributed by atoms with Crippen LogP contribution in [-0.4, -0.2) is 47.7 Å². The molecule has 2 N–H and O–H groups in total. The molecule has 2 aromatic heterocycles. The number of thiophene rings is 1. The van der Waals surface area contributed by atoms with Gasteiger partial charge in [-0.15, -0.1) is 11.3 Å². The standard InChI is InChI=1S/C18H25N3O5S/c1-9(2)6-11(18(23)24)7-19-15(22)14-10(3)13-16(26-5)20-12(8-25-4)21-17(13)27-14/h9,11H,6-8H2,1-5H3,(H,19,22)(H,23,24). The number of methoxy groups -OCH3 is 2. The smallest absolute Gasteiger partial charge is 0.308 e. The van der Waals surface area contributed by atoms with Crippen molar-refractivity contribution in [3.63, 3.8) is 0 Å². The van der Waals surface area contributed by atoms with E-state index in [0.717, 1.165) is 0 Å². The number of aryl methyl sites for hydroxylation is 1. The molecule has 2 aromatic rings. The molecule has 0 aliphatic carbocycles. The molecule has 148 valence electrons. The maximum absolute atomic E-state index is 12.7. The molecule has 0 fully saturated rings. The number of carbonyl (C=O) groups excluding carboxylic acids is 1. The highest BCUT2D eigenvalue weighted by Gasteiger charge is 2.24. The molecule has 8 nitrogen and oxygen atoms in total. The first-order chi connectivity index (χ1) is 12.8. The van der Waals surface area contributed by atoms with Crippen LogP contribution in [0.25, 0.3) is 10.2 Å². The van der Waals surface area contributed by atoms with E-state index in [1.54, 1.807) is 14.0 Å². The zero-order valence-corrected chi connectivity index (χ0v) is 17.0. The number of aromatic nitrogens is 2. The number of amides is 1. The average molecular weight is 395 g/mol. The Morgan fingerprint density at radius 3 is 2.52 bits per heavy atom. The monoisotopic (exact) mass is 395 g/mol. The van der Waals surface area contributed by atoms with Crippen LogP contribution in [0, 0.1) is 18.8 Å². The van der Waals surface area contributed by atoms with Crippen LogP contribution in [0.15, 0.2) is 0 Å². The quantitative estimate of drug-likeness (QED) is 0.671. The number of hydrogen-bond acceptors (Lipinski definition) is 7. The molecule has 0 aliphatic rings. The summed E-state index contributed by atoms with van der Waals surface area (Å²) in [4.78, 5) is 33.9.